The third kappa shape index (κ3) is 2.67. The van der Waals surface area contributed by atoms with Gasteiger partial charge in [0.15, 0.2) is 0 Å². The van der Waals surface area contributed by atoms with Gasteiger partial charge < -0.3 is 15.0 Å². The highest BCUT2D eigenvalue weighted by atomic mass is 16.3. The van der Waals surface area contributed by atoms with Crippen LogP contribution >= 0.6 is 0 Å². The van der Waals surface area contributed by atoms with Crippen LogP contribution in [0.1, 0.15) is 31.4 Å². The summed E-state index contributed by atoms with van der Waals surface area (Å²) in [5.41, 5.74) is 2.12. The number of fused-ring (bicyclic) bond motifs is 1. The summed E-state index contributed by atoms with van der Waals surface area (Å²) >= 11 is 0. The van der Waals surface area contributed by atoms with Crippen molar-refractivity contribution in [2.75, 3.05) is 19.6 Å². The van der Waals surface area contributed by atoms with Crippen LogP contribution in [-0.4, -0.2) is 34.6 Å². The van der Waals surface area contributed by atoms with Crippen molar-refractivity contribution in [2.45, 2.75) is 25.9 Å². The van der Waals surface area contributed by atoms with Crippen molar-refractivity contribution in [3.63, 3.8) is 0 Å². The van der Waals surface area contributed by atoms with Gasteiger partial charge in [-0.2, -0.15) is 0 Å². The van der Waals surface area contributed by atoms with E-state index in [1.807, 2.05) is 18.3 Å². The first kappa shape index (κ1) is 12.7. The SMILES string of the molecule is C[C@H]1CCCN(C[C@H](O)c2c[nH]c3ccccc23)C1. The Hall–Kier alpha value is -1.32. The van der Waals surface area contributed by atoms with Crippen molar-refractivity contribution in [3.8, 4) is 0 Å². The number of hydrogen-bond acceptors (Lipinski definition) is 2. The molecule has 0 aliphatic carbocycles. The number of rotatable bonds is 3. The molecular formula is C16H22N2O. The Bertz CT molecular complexity index is 548. The van der Waals surface area contributed by atoms with Crippen LogP contribution in [0.5, 0.6) is 0 Å². The van der Waals surface area contributed by atoms with Gasteiger partial charge in [0.05, 0.1) is 6.10 Å². The second-order valence-electron chi connectivity index (χ2n) is 5.81. The quantitative estimate of drug-likeness (QED) is 0.888. The van der Waals surface area contributed by atoms with Crippen LogP contribution in [0.2, 0.25) is 0 Å². The Balaban J connectivity index is 1.74. The molecule has 1 fully saturated rings. The summed E-state index contributed by atoms with van der Waals surface area (Å²) in [7, 11) is 0. The molecule has 102 valence electrons. The van der Waals surface area contributed by atoms with E-state index in [0.29, 0.717) is 0 Å². The van der Waals surface area contributed by atoms with Gasteiger partial charge >= 0.3 is 0 Å². The zero-order valence-electron chi connectivity index (χ0n) is 11.5. The third-order valence-corrected chi connectivity index (χ3v) is 4.15. The van der Waals surface area contributed by atoms with Crippen molar-refractivity contribution < 1.29 is 5.11 Å². The second-order valence-corrected chi connectivity index (χ2v) is 5.81. The molecule has 3 rings (SSSR count). The predicted octanol–water partition coefficient (Wildman–Crippen LogP) is 2.93. The smallest absolute Gasteiger partial charge is 0.0937 e. The predicted molar refractivity (Wildman–Crippen MR) is 78.1 cm³/mol. The highest BCUT2D eigenvalue weighted by Crippen LogP contribution is 2.26. The molecule has 0 unspecified atom stereocenters. The maximum absolute atomic E-state index is 10.5. The molecule has 2 N–H and O–H groups in total. The number of likely N-dealkylation sites (tertiary alicyclic amines) is 1. The first-order valence-corrected chi connectivity index (χ1v) is 7.20. The Labute approximate surface area is 114 Å². The summed E-state index contributed by atoms with van der Waals surface area (Å²) in [4.78, 5) is 5.63. The number of para-hydroxylation sites is 1. The minimum atomic E-state index is -0.401. The molecule has 0 saturated carbocycles. The van der Waals surface area contributed by atoms with Crippen LogP contribution in [0.25, 0.3) is 10.9 Å². The Morgan fingerprint density at radius 3 is 3.11 bits per heavy atom. The van der Waals surface area contributed by atoms with Crippen molar-refractivity contribution in [1.82, 2.24) is 9.88 Å². The van der Waals surface area contributed by atoms with E-state index < -0.39 is 6.10 Å². The van der Waals surface area contributed by atoms with Gasteiger partial charge in [-0.1, -0.05) is 25.1 Å². The molecular weight excluding hydrogens is 236 g/mol. The average molecular weight is 258 g/mol. The summed E-state index contributed by atoms with van der Waals surface area (Å²) in [6.45, 7) is 5.26. The largest absolute Gasteiger partial charge is 0.387 e. The highest BCUT2D eigenvalue weighted by molar-refractivity contribution is 5.83. The van der Waals surface area contributed by atoms with E-state index in [1.54, 1.807) is 0 Å². The van der Waals surface area contributed by atoms with E-state index in [4.69, 9.17) is 0 Å². The summed E-state index contributed by atoms with van der Waals surface area (Å²) in [5.74, 6) is 0.754. The number of piperidine rings is 1. The molecule has 2 aromatic rings. The second kappa shape index (κ2) is 5.35. The molecule has 1 aliphatic rings. The van der Waals surface area contributed by atoms with Gasteiger partial charge in [-0.15, -0.1) is 0 Å². The lowest BCUT2D eigenvalue weighted by molar-refractivity contribution is 0.0884. The number of β-amino-alcohol motifs (C(OH)–C–C–N with tert-alkyl or cyclic N) is 1. The third-order valence-electron chi connectivity index (χ3n) is 4.15. The van der Waals surface area contributed by atoms with E-state index in [9.17, 15) is 5.11 Å². The van der Waals surface area contributed by atoms with Crippen LogP contribution in [0.3, 0.4) is 0 Å². The summed E-state index contributed by atoms with van der Waals surface area (Å²) in [6.07, 6.45) is 4.12. The molecule has 2 heterocycles. The number of nitrogens with zero attached hydrogens (tertiary/aromatic N) is 1. The number of aromatic nitrogens is 1. The van der Waals surface area contributed by atoms with Gasteiger partial charge in [-0.05, 0) is 31.4 Å². The van der Waals surface area contributed by atoms with Crippen LogP contribution in [0.15, 0.2) is 30.5 Å². The zero-order valence-corrected chi connectivity index (χ0v) is 11.5. The highest BCUT2D eigenvalue weighted by Gasteiger charge is 2.21. The van der Waals surface area contributed by atoms with Crippen molar-refractivity contribution >= 4 is 10.9 Å². The number of nitrogens with one attached hydrogen (secondary N) is 1. The number of H-pyrrole nitrogens is 1. The van der Waals surface area contributed by atoms with Crippen molar-refractivity contribution in [3.05, 3.63) is 36.0 Å². The van der Waals surface area contributed by atoms with Gasteiger partial charge in [0, 0.05) is 35.8 Å². The minimum Gasteiger partial charge on any atom is -0.387 e. The monoisotopic (exact) mass is 258 g/mol. The Morgan fingerprint density at radius 1 is 1.42 bits per heavy atom. The molecule has 0 amide bonds. The lowest BCUT2D eigenvalue weighted by Gasteiger charge is -2.32. The Morgan fingerprint density at radius 2 is 2.26 bits per heavy atom. The van der Waals surface area contributed by atoms with E-state index in [2.05, 4.69) is 28.9 Å². The van der Waals surface area contributed by atoms with Gasteiger partial charge in [-0.25, -0.2) is 0 Å². The zero-order chi connectivity index (χ0) is 13.2. The molecule has 1 aromatic carbocycles. The van der Waals surface area contributed by atoms with Crippen LogP contribution in [-0.2, 0) is 0 Å². The molecule has 1 aromatic heterocycles. The Kier molecular flexibility index (Phi) is 3.58. The first-order chi connectivity index (χ1) is 9.24. The normalized spacial score (nSPS) is 22.7. The van der Waals surface area contributed by atoms with E-state index in [0.717, 1.165) is 42.0 Å². The maximum Gasteiger partial charge on any atom is 0.0937 e. The van der Waals surface area contributed by atoms with E-state index >= 15 is 0 Å². The maximum atomic E-state index is 10.5. The first-order valence-electron chi connectivity index (χ1n) is 7.20. The minimum absolute atomic E-state index is 0.401. The number of aliphatic hydroxyl groups is 1. The van der Waals surface area contributed by atoms with E-state index in [-0.39, 0.29) is 0 Å². The molecule has 0 bridgehead atoms. The lowest BCUT2D eigenvalue weighted by atomic mass is 9.99. The fourth-order valence-electron chi connectivity index (χ4n) is 3.17. The van der Waals surface area contributed by atoms with Gasteiger partial charge in [0.25, 0.3) is 0 Å². The average Bonchev–Trinajstić information content (AvgIpc) is 2.82. The number of aromatic amines is 1. The summed E-state index contributed by atoms with van der Waals surface area (Å²) < 4.78 is 0. The molecule has 19 heavy (non-hydrogen) atoms. The molecule has 0 spiro atoms. The van der Waals surface area contributed by atoms with Gasteiger partial charge in [-0.3, -0.25) is 0 Å². The number of aliphatic hydroxyl groups excluding tert-OH is 1. The fraction of sp³-hybridized carbons (Fsp3) is 0.500. The number of benzene rings is 1. The fourth-order valence-corrected chi connectivity index (χ4v) is 3.17. The van der Waals surface area contributed by atoms with Crippen LogP contribution in [0, 0.1) is 5.92 Å². The molecule has 0 radical (unpaired) electrons. The molecule has 2 atom stereocenters. The standard InChI is InChI=1S/C16H22N2O/c1-12-5-4-8-18(10-12)11-16(19)14-9-17-15-7-3-2-6-13(14)15/h2-3,6-7,9,12,16-17,19H,4-5,8,10-11H2,1H3/t12-,16-/m0/s1. The summed E-state index contributed by atoms with van der Waals surface area (Å²) in [6, 6.07) is 8.16. The van der Waals surface area contributed by atoms with E-state index in [1.165, 1.54) is 12.8 Å². The topological polar surface area (TPSA) is 39.3 Å². The van der Waals surface area contributed by atoms with Gasteiger partial charge in [0.1, 0.15) is 0 Å². The molecule has 3 heteroatoms. The van der Waals surface area contributed by atoms with Gasteiger partial charge in [0.2, 0.25) is 0 Å². The molecule has 1 aliphatic heterocycles. The molecule has 3 nitrogen and oxygen atoms in total. The molecule has 1 saturated heterocycles. The summed E-state index contributed by atoms with van der Waals surface area (Å²) in [5, 5.41) is 11.6. The van der Waals surface area contributed by atoms with Crippen LogP contribution in [0.4, 0.5) is 0 Å². The van der Waals surface area contributed by atoms with Crippen molar-refractivity contribution in [2.24, 2.45) is 5.92 Å². The number of hydrogen-bond donors (Lipinski definition) is 2. The lowest BCUT2D eigenvalue weighted by Crippen LogP contribution is -2.37. The van der Waals surface area contributed by atoms with Crippen LogP contribution < -0.4 is 0 Å². The van der Waals surface area contributed by atoms with Crippen molar-refractivity contribution in [1.29, 1.82) is 0 Å².